The highest BCUT2D eigenvalue weighted by Crippen LogP contribution is 2.69. The first-order valence-corrected chi connectivity index (χ1v) is 19.9. The topological polar surface area (TPSA) is 16.4 Å². The second kappa shape index (κ2) is 11.6. The summed E-state index contributed by atoms with van der Waals surface area (Å²) in [5.74, 6) is 3.28. The summed E-state index contributed by atoms with van der Waals surface area (Å²) in [5.41, 5.74) is 16.5. The molecule has 0 aliphatic heterocycles. The molecule has 2 heteroatoms. The van der Waals surface area contributed by atoms with Crippen molar-refractivity contribution < 1.29 is 4.42 Å². The lowest BCUT2D eigenvalue weighted by Crippen LogP contribution is -2.55. The molecule has 5 aliphatic carbocycles. The largest absolute Gasteiger partial charge is 0.456 e. The molecule has 0 unspecified atom stereocenters. The lowest BCUT2D eigenvalue weighted by molar-refractivity contribution is -0.0399. The zero-order valence-corrected chi connectivity index (χ0v) is 30.3. The van der Waals surface area contributed by atoms with Gasteiger partial charge < -0.3 is 9.32 Å². The average molecular weight is 696 g/mol. The maximum Gasteiger partial charge on any atom is 0.135 e. The van der Waals surface area contributed by atoms with Gasteiger partial charge in [0.1, 0.15) is 11.2 Å². The lowest BCUT2D eigenvalue weighted by atomic mass is 9.43. The summed E-state index contributed by atoms with van der Waals surface area (Å²) in [5, 5.41) is 2.31. The molecule has 5 aliphatic rings. The lowest BCUT2D eigenvalue weighted by Gasteiger charge is -2.61. The molecular formula is C52H41NO. The molecule has 1 aromatic heterocycles. The Morgan fingerprint density at radius 3 is 1.87 bits per heavy atom. The molecule has 7 aromatic carbocycles. The number of fused-ring (bicyclic) bond motifs is 6. The van der Waals surface area contributed by atoms with Crippen LogP contribution in [0.15, 0.2) is 168 Å². The summed E-state index contributed by atoms with van der Waals surface area (Å²) in [4.78, 5) is 2.52. The number of anilines is 3. The van der Waals surface area contributed by atoms with Gasteiger partial charge in [-0.05, 0) is 143 Å². The molecule has 0 radical (unpaired) electrons. The Labute approximate surface area is 316 Å². The molecule has 0 amide bonds. The van der Waals surface area contributed by atoms with E-state index >= 15 is 0 Å². The van der Waals surface area contributed by atoms with Crippen molar-refractivity contribution in [3.8, 4) is 33.4 Å². The van der Waals surface area contributed by atoms with Gasteiger partial charge in [0.25, 0.3) is 0 Å². The summed E-state index contributed by atoms with van der Waals surface area (Å²) >= 11 is 0. The summed E-state index contributed by atoms with van der Waals surface area (Å²) in [7, 11) is 0. The number of benzene rings is 7. The van der Waals surface area contributed by atoms with E-state index in [1.54, 1.807) is 11.1 Å². The standard InChI is InChI=1S/C52H41NO/c1-2-10-36(11-3-1)42-12-5-8-16-49(42)53(40-21-18-35(19-22-40)37-20-25-51-46(31-37)45-14-6-9-17-50(45)54-51)41-23-24-44-43-13-4-7-15-47(43)52(48(44)32-41)38-27-33-26-34(29-38)30-39(52)28-33/h1-25,31-34,38-39H,26-30H2. The first-order chi connectivity index (χ1) is 26.7. The summed E-state index contributed by atoms with van der Waals surface area (Å²) < 4.78 is 6.16. The number of nitrogens with zero attached hydrogens (tertiary/aromatic N) is 1. The second-order valence-electron chi connectivity index (χ2n) is 16.5. The van der Waals surface area contributed by atoms with Crippen LogP contribution < -0.4 is 4.90 Å². The zero-order chi connectivity index (χ0) is 35.4. The molecule has 0 N–H and O–H groups in total. The number of hydrogen-bond acceptors (Lipinski definition) is 2. The maximum absolute atomic E-state index is 6.16. The van der Waals surface area contributed by atoms with Crippen LogP contribution in [-0.2, 0) is 5.41 Å². The normalized spacial score (nSPS) is 23.3. The fraction of sp³-hybridized carbons (Fsp3) is 0.192. The Hall–Kier alpha value is -5.86. The van der Waals surface area contributed by atoms with E-state index in [1.807, 2.05) is 12.1 Å². The Kier molecular flexibility index (Phi) is 6.55. The molecule has 1 heterocycles. The van der Waals surface area contributed by atoms with E-state index in [2.05, 4.69) is 157 Å². The Morgan fingerprint density at radius 1 is 0.426 bits per heavy atom. The number of furan rings is 1. The van der Waals surface area contributed by atoms with Crippen LogP contribution >= 0.6 is 0 Å². The highest BCUT2D eigenvalue weighted by atomic mass is 16.3. The third-order valence-electron chi connectivity index (χ3n) is 13.9. The Morgan fingerprint density at radius 2 is 1.06 bits per heavy atom. The van der Waals surface area contributed by atoms with Gasteiger partial charge in [0.05, 0.1) is 5.69 Å². The van der Waals surface area contributed by atoms with Crippen LogP contribution in [0.1, 0.15) is 43.2 Å². The van der Waals surface area contributed by atoms with E-state index in [1.165, 1.54) is 76.9 Å². The summed E-state index contributed by atoms with van der Waals surface area (Å²) in [6.45, 7) is 0. The Balaban J connectivity index is 1.03. The SMILES string of the molecule is c1ccc(-c2ccccc2N(c2ccc(-c3ccc4oc5ccccc5c4c3)cc2)c2ccc3c(c2)C2(c4ccccc4-3)C3CC4CC(C3)CC2C4)cc1. The summed E-state index contributed by atoms with van der Waals surface area (Å²) in [6, 6.07) is 60.8. The van der Waals surface area contributed by atoms with Crippen molar-refractivity contribution in [2.75, 3.05) is 4.90 Å². The van der Waals surface area contributed by atoms with Crippen molar-refractivity contribution in [3.63, 3.8) is 0 Å². The van der Waals surface area contributed by atoms with Gasteiger partial charge in [0, 0.05) is 33.1 Å². The van der Waals surface area contributed by atoms with Gasteiger partial charge in [-0.25, -0.2) is 0 Å². The van der Waals surface area contributed by atoms with Crippen LogP contribution in [0.3, 0.4) is 0 Å². The van der Waals surface area contributed by atoms with Crippen molar-refractivity contribution in [1.82, 2.24) is 0 Å². The van der Waals surface area contributed by atoms with Crippen molar-refractivity contribution in [3.05, 3.63) is 175 Å². The highest BCUT2D eigenvalue weighted by molar-refractivity contribution is 6.06. The fourth-order valence-corrected chi connectivity index (χ4v) is 11.9. The predicted octanol–water partition coefficient (Wildman–Crippen LogP) is 14.1. The fourth-order valence-electron chi connectivity index (χ4n) is 11.9. The molecule has 0 saturated heterocycles. The molecule has 13 rings (SSSR count). The van der Waals surface area contributed by atoms with Crippen LogP contribution in [0.5, 0.6) is 0 Å². The van der Waals surface area contributed by atoms with Crippen molar-refractivity contribution >= 4 is 39.0 Å². The quantitative estimate of drug-likeness (QED) is 0.178. The molecule has 1 spiro atoms. The number of hydrogen-bond donors (Lipinski definition) is 0. The zero-order valence-electron chi connectivity index (χ0n) is 30.3. The van der Waals surface area contributed by atoms with Crippen molar-refractivity contribution in [2.45, 2.75) is 37.5 Å². The van der Waals surface area contributed by atoms with Crippen LogP contribution in [0.4, 0.5) is 17.1 Å². The summed E-state index contributed by atoms with van der Waals surface area (Å²) in [6.07, 6.45) is 6.99. The molecule has 260 valence electrons. The van der Waals surface area contributed by atoms with E-state index in [0.717, 1.165) is 51.3 Å². The van der Waals surface area contributed by atoms with Crippen LogP contribution in [0, 0.1) is 23.7 Å². The minimum absolute atomic E-state index is 0.111. The third kappa shape index (κ3) is 4.34. The number of para-hydroxylation sites is 2. The smallest absolute Gasteiger partial charge is 0.135 e. The van der Waals surface area contributed by atoms with Gasteiger partial charge in [0.2, 0.25) is 0 Å². The maximum atomic E-state index is 6.16. The van der Waals surface area contributed by atoms with E-state index in [9.17, 15) is 0 Å². The minimum Gasteiger partial charge on any atom is -0.456 e. The van der Waals surface area contributed by atoms with Gasteiger partial charge >= 0.3 is 0 Å². The molecular weight excluding hydrogens is 655 g/mol. The van der Waals surface area contributed by atoms with Gasteiger partial charge in [-0.15, -0.1) is 0 Å². The first-order valence-electron chi connectivity index (χ1n) is 19.9. The van der Waals surface area contributed by atoms with Gasteiger partial charge in [-0.3, -0.25) is 0 Å². The van der Waals surface area contributed by atoms with Gasteiger partial charge in [-0.1, -0.05) is 115 Å². The highest BCUT2D eigenvalue weighted by Gasteiger charge is 2.61. The molecule has 4 saturated carbocycles. The van der Waals surface area contributed by atoms with Crippen LogP contribution in [0.2, 0.25) is 0 Å². The average Bonchev–Trinajstić information content (AvgIpc) is 3.74. The third-order valence-corrected chi connectivity index (χ3v) is 13.9. The van der Waals surface area contributed by atoms with E-state index in [4.69, 9.17) is 4.42 Å². The molecule has 8 aromatic rings. The monoisotopic (exact) mass is 695 g/mol. The van der Waals surface area contributed by atoms with Crippen molar-refractivity contribution in [1.29, 1.82) is 0 Å². The van der Waals surface area contributed by atoms with E-state index < -0.39 is 0 Å². The first kappa shape index (κ1) is 30.6. The predicted molar refractivity (Wildman–Crippen MR) is 223 cm³/mol. The molecule has 4 fully saturated rings. The van der Waals surface area contributed by atoms with Crippen molar-refractivity contribution in [2.24, 2.45) is 23.7 Å². The van der Waals surface area contributed by atoms with Crippen LogP contribution in [-0.4, -0.2) is 0 Å². The molecule has 54 heavy (non-hydrogen) atoms. The molecule has 4 bridgehead atoms. The van der Waals surface area contributed by atoms with Crippen LogP contribution in [0.25, 0.3) is 55.3 Å². The minimum atomic E-state index is 0.111. The van der Waals surface area contributed by atoms with Gasteiger partial charge in [-0.2, -0.15) is 0 Å². The molecule has 0 atom stereocenters. The van der Waals surface area contributed by atoms with Gasteiger partial charge in [0.15, 0.2) is 0 Å². The Bertz CT molecular complexity index is 2710. The number of rotatable bonds is 5. The second-order valence-corrected chi connectivity index (χ2v) is 16.5. The van der Waals surface area contributed by atoms with E-state index in [-0.39, 0.29) is 5.41 Å². The molecule has 2 nitrogen and oxygen atoms in total. The van der Waals surface area contributed by atoms with E-state index in [0.29, 0.717) is 0 Å².